The van der Waals surface area contributed by atoms with E-state index in [0.717, 1.165) is 36.6 Å². The maximum atomic E-state index is 9.56. The first-order chi connectivity index (χ1) is 7.74. The Morgan fingerprint density at radius 1 is 1.56 bits per heavy atom. The Labute approximate surface area is 101 Å². The molecule has 1 aromatic rings. The largest absolute Gasteiger partial charge is 0.393 e. The van der Waals surface area contributed by atoms with Crippen LogP contribution in [0.3, 0.4) is 0 Å². The van der Waals surface area contributed by atoms with E-state index in [-0.39, 0.29) is 6.10 Å². The summed E-state index contributed by atoms with van der Waals surface area (Å²) < 4.78 is 0. The first-order valence-electron chi connectivity index (χ1n) is 6.04. The summed E-state index contributed by atoms with van der Waals surface area (Å²) in [7, 11) is 0. The molecule has 0 bridgehead atoms. The highest BCUT2D eigenvalue weighted by Gasteiger charge is 2.19. The van der Waals surface area contributed by atoms with Gasteiger partial charge in [-0.25, -0.2) is 4.98 Å². The third kappa shape index (κ3) is 3.54. The molecule has 0 amide bonds. The number of aromatic nitrogens is 1. The minimum atomic E-state index is -0.0675. The van der Waals surface area contributed by atoms with Gasteiger partial charge in [-0.05, 0) is 38.6 Å². The Morgan fingerprint density at radius 2 is 2.44 bits per heavy atom. The first kappa shape index (κ1) is 12.0. The van der Waals surface area contributed by atoms with Crippen LogP contribution in [0.4, 0.5) is 0 Å². The van der Waals surface area contributed by atoms with Crippen molar-refractivity contribution in [2.24, 2.45) is 5.92 Å². The van der Waals surface area contributed by atoms with Gasteiger partial charge in [0.25, 0.3) is 0 Å². The molecule has 0 spiro atoms. The van der Waals surface area contributed by atoms with Crippen molar-refractivity contribution in [2.75, 3.05) is 6.54 Å². The molecule has 0 saturated heterocycles. The van der Waals surface area contributed by atoms with Crippen LogP contribution < -0.4 is 5.32 Å². The number of nitrogens with one attached hydrogen (secondary N) is 1. The van der Waals surface area contributed by atoms with Gasteiger partial charge in [0.15, 0.2) is 0 Å². The standard InChI is InChI=1S/C12H20N2OS/c1-9-14-11(8-16-9)7-13-6-10-3-2-4-12(15)5-10/h8,10,12-13,15H,2-7H2,1H3. The van der Waals surface area contributed by atoms with E-state index in [4.69, 9.17) is 0 Å². The van der Waals surface area contributed by atoms with Crippen molar-refractivity contribution >= 4 is 11.3 Å². The minimum Gasteiger partial charge on any atom is -0.393 e. The second-order valence-corrected chi connectivity index (χ2v) is 5.74. The molecule has 3 nitrogen and oxygen atoms in total. The number of nitrogens with zero attached hydrogens (tertiary/aromatic N) is 1. The van der Waals surface area contributed by atoms with Crippen LogP contribution in [0.5, 0.6) is 0 Å². The van der Waals surface area contributed by atoms with Crippen molar-refractivity contribution in [1.82, 2.24) is 10.3 Å². The fraction of sp³-hybridized carbons (Fsp3) is 0.750. The van der Waals surface area contributed by atoms with Crippen LogP contribution >= 0.6 is 11.3 Å². The number of hydrogen-bond donors (Lipinski definition) is 2. The fourth-order valence-corrected chi connectivity index (χ4v) is 2.95. The van der Waals surface area contributed by atoms with Crippen molar-refractivity contribution in [1.29, 1.82) is 0 Å². The Bertz CT molecular complexity index is 327. The molecule has 90 valence electrons. The normalized spacial score (nSPS) is 25.9. The van der Waals surface area contributed by atoms with Gasteiger partial charge < -0.3 is 10.4 Å². The van der Waals surface area contributed by atoms with E-state index in [1.807, 2.05) is 6.92 Å². The molecule has 1 aromatic heterocycles. The first-order valence-corrected chi connectivity index (χ1v) is 6.92. The zero-order valence-corrected chi connectivity index (χ0v) is 10.6. The summed E-state index contributed by atoms with van der Waals surface area (Å²) in [6.07, 6.45) is 4.30. The smallest absolute Gasteiger partial charge is 0.0897 e. The van der Waals surface area contributed by atoms with E-state index in [1.165, 1.54) is 12.8 Å². The molecule has 2 N–H and O–H groups in total. The molecule has 0 aliphatic heterocycles. The highest BCUT2D eigenvalue weighted by Crippen LogP contribution is 2.23. The Balaban J connectivity index is 1.67. The second kappa shape index (κ2) is 5.75. The van der Waals surface area contributed by atoms with Crippen LogP contribution in [0.1, 0.15) is 36.4 Å². The van der Waals surface area contributed by atoms with E-state index >= 15 is 0 Å². The molecule has 1 fully saturated rings. The Hall–Kier alpha value is -0.450. The van der Waals surface area contributed by atoms with Gasteiger partial charge in [-0.1, -0.05) is 6.42 Å². The number of aliphatic hydroxyl groups is 1. The summed E-state index contributed by atoms with van der Waals surface area (Å²) in [6, 6.07) is 0. The molecule has 2 atom stereocenters. The molecule has 4 heteroatoms. The lowest BCUT2D eigenvalue weighted by atomic mass is 9.87. The molecular formula is C12H20N2OS. The molecule has 1 aliphatic rings. The lowest BCUT2D eigenvalue weighted by Gasteiger charge is -2.25. The average Bonchev–Trinajstić information content (AvgIpc) is 2.64. The predicted octanol–water partition coefficient (Wildman–Crippen LogP) is 2.09. The molecule has 0 aromatic carbocycles. The number of aryl methyl sites for hydroxylation is 1. The molecule has 1 heterocycles. The van der Waals surface area contributed by atoms with Gasteiger partial charge in [0, 0.05) is 11.9 Å². The SMILES string of the molecule is Cc1nc(CNCC2CCCC(O)C2)cs1. The van der Waals surface area contributed by atoms with Gasteiger partial charge in [0.05, 0.1) is 16.8 Å². The third-order valence-electron chi connectivity index (χ3n) is 3.16. The second-order valence-electron chi connectivity index (χ2n) is 4.68. The van der Waals surface area contributed by atoms with Gasteiger partial charge in [0.2, 0.25) is 0 Å². The molecule has 2 unspecified atom stereocenters. The number of hydrogen-bond acceptors (Lipinski definition) is 4. The van der Waals surface area contributed by atoms with Gasteiger partial charge >= 0.3 is 0 Å². The molecular weight excluding hydrogens is 220 g/mol. The summed E-state index contributed by atoms with van der Waals surface area (Å²) in [6.45, 7) is 3.90. The van der Waals surface area contributed by atoms with E-state index in [2.05, 4.69) is 15.7 Å². The summed E-state index contributed by atoms with van der Waals surface area (Å²) in [5.74, 6) is 0.642. The van der Waals surface area contributed by atoms with E-state index in [0.29, 0.717) is 5.92 Å². The lowest BCUT2D eigenvalue weighted by Crippen LogP contribution is -2.28. The van der Waals surface area contributed by atoms with Gasteiger partial charge in [-0.15, -0.1) is 11.3 Å². The summed E-state index contributed by atoms with van der Waals surface area (Å²) >= 11 is 1.70. The molecule has 2 rings (SSSR count). The Kier molecular flexibility index (Phi) is 4.32. The minimum absolute atomic E-state index is 0.0675. The molecule has 1 aliphatic carbocycles. The fourth-order valence-electron chi connectivity index (χ4n) is 2.34. The molecule has 1 saturated carbocycles. The van der Waals surface area contributed by atoms with Crippen molar-refractivity contribution < 1.29 is 5.11 Å². The van der Waals surface area contributed by atoms with Gasteiger partial charge in [-0.3, -0.25) is 0 Å². The van der Waals surface area contributed by atoms with Crippen LogP contribution in [0, 0.1) is 12.8 Å². The van der Waals surface area contributed by atoms with E-state index < -0.39 is 0 Å². The third-order valence-corrected chi connectivity index (χ3v) is 3.98. The maximum absolute atomic E-state index is 9.56. The zero-order valence-electron chi connectivity index (χ0n) is 9.78. The van der Waals surface area contributed by atoms with Gasteiger partial charge in [0.1, 0.15) is 0 Å². The Morgan fingerprint density at radius 3 is 3.12 bits per heavy atom. The zero-order chi connectivity index (χ0) is 11.4. The van der Waals surface area contributed by atoms with Crippen LogP contribution in [0.2, 0.25) is 0 Å². The highest BCUT2D eigenvalue weighted by atomic mass is 32.1. The van der Waals surface area contributed by atoms with Crippen molar-refractivity contribution in [3.05, 3.63) is 16.1 Å². The predicted molar refractivity (Wildman–Crippen MR) is 66.5 cm³/mol. The van der Waals surface area contributed by atoms with Crippen LogP contribution in [0.15, 0.2) is 5.38 Å². The highest BCUT2D eigenvalue weighted by molar-refractivity contribution is 7.09. The maximum Gasteiger partial charge on any atom is 0.0897 e. The number of aliphatic hydroxyl groups excluding tert-OH is 1. The van der Waals surface area contributed by atoms with Gasteiger partial charge in [-0.2, -0.15) is 0 Å². The van der Waals surface area contributed by atoms with Crippen LogP contribution in [-0.2, 0) is 6.54 Å². The molecule has 0 radical (unpaired) electrons. The summed E-state index contributed by atoms with van der Waals surface area (Å²) in [5, 5.41) is 16.2. The molecule has 16 heavy (non-hydrogen) atoms. The van der Waals surface area contributed by atoms with Crippen LogP contribution in [0.25, 0.3) is 0 Å². The quantitative estimate of drug-likeness (QED) is 0.847. The van der Waals surface area contributed by atoms with Crippen molar-refractivity contribution in [3.8, 4) is 0 Å². The van der Waals surface area contributed by atoms with Crippen molar-refractivity contribution in [3.63, 3.8) is 0 Å². The van der Waals surface area contributed by atoms with E-state index in [1.54, 1.807) is 11.3 Å². The summed E-state index contributed by atoms with van der Waals surface area (Å²) in [5.41, 5.74) is 1.14. The van der Waals surface area contributed by atoms with E-state index in [9.17, 15) is 5.11 Å². The lowest BCUT2D eigenvalue weighted by molar-refractivity contribution is 0.101. The van der Waals surface area contributed by atoms with Crippen molar-refractivity contribution in [2.45, 2.75) is 45.3 Å². The monoisotopic (exact) mass is 240 g/mol. The average molecular weight is 240 g/mol. The number of thiazole rings is 1. The topological polar surface area (TPSA) is 45.2 Å². The number of rotatable bonds is 4. The van der Waals surface area contributed by atoms with Crippen LogP contribution in [-0.4, -0.2) is 22.7 Å². The summed E-state index contributed by atoms with van der Waals surface area (Å²) in [4.78, 5) is 4.41.